The topological polar surface area (TPSA) is 80.3 Å². The minimum atomic E-state index is -0.267. The molecule has 2 aromatic rings. The molecule has 6 heteroatoms. The Morgan fingerprint density at radius 1 is 1.17 bits per heavy atom. The number of amides is 2. The lowest BCUT2D eigenvalue weighted by Crippen LogP contribution is -2.26. The molecule has 2 heterocycles. The number of carbonyl (C=O) groups excluding carboxylic acids is 2. The van der Waals surface area contributed by atoms with Crippen LogP contribution >= 0.6 is 0 Å². The highest BCUT2D eigenvalue weighted by atomic mass is 16.5. The maximum atomic E-state index is 12.3. The summed E-state index contributed by atoms with van der Waals surface area (Å²) >= 11 is 0. The van der Waals surface area contributed by atoms with Gasteiger partial charge >= 0.3 is 0 Å². The molecule has 0 saturated heterocycles. The minimum Gasteiger partial charge on any atom is -0.480 e. The van der Waals surface area contributed by atoms with Crippen LogP contribution in [0.25, 0.3) is 0 Å². The van der Waals surface area contributed by atoms with Gasteiger partial charge in [0.05, 0.1) is 0 Å². The molecule has 0 bridgehead atoms. The number of fused-ring (bicyclic) bond motifs is 1. The van der Waals surface area contributed by atoms with Gasteiger partial charge in [0.15, 0.2) is 18.2 Å². The molecule has 24 heavy (non-hydrogen) atoms. The smallest absolute Gasteiger partial charge is 0.263 e. The van der Waals surface area contributed by atoms with E-state index in [0.717, 1.165) is 5.56 Å². The van der Waals surface area contributed by atoms with Gasteiger partial charge in [0, 0.05) is 5.56 Å². The molecule has 0 fully saturated rings. The number of anilines is 2. The van der Waals surface area contributed by atoms with Crippen molar-refractivity contribution in [1.82, 2.24) is 4.98 Å². The van der Waals surface area contributed by atoms with Gasteiger partial charge in [0.2, 0.25) is 0 Å². The van der Waals surface area contributed by atoms with Crippen LogP contribution in [0.4, 0.5) is 11.6 Å². The molecule has 0 aliphatic carbocycles. The first-order chi connectivity index (χ1) is 11.3. The number of hydrogen-bond donors (Lipinski definition) is 2. The molecular weight excluding hydrogens is 306 g/mol. The van der Waals surface area contributed by atoms with E-state index in [1.165, 1.54) is 0 Å². The van der Waals surface area contributed by atoms with Gasteiger partial charge < -0.3 is 15.4 Å². The summed E-state index contributed by atoms with van der Waals surface area (Å²) in [6.45, 7) is 6.33. The van der Waals surface area contributed by atoms with Crippen molar-refractivity contribution >= 4 is 23.5 Å². The van der Waals surface area contributed by atoms with Crippen LogP contribution in [0.3, 0.4) is 0 Å². The second-order valence-electron chi connectivity index (χ2n) is 6.66. The van der Waals surface area contributed by atoms with Gasteiger partial charge in [0.25, 0.3) is 11.8 Å². The summed E-state index contributed by atoms with van der Waals surface area (Å²) in [4.78, 5) is 27.9. The SMILES string of the molecule is CC(C)(C)c1ccc(C(=O)Nc2ccc3c(n2)NC(=O)CO3)cc1. The first kappa shape index (κ1) is 16.0. The van der Waals surface area contributed by atoms with Crippen LogP contribution in [0.1, 0.15) is 36.7 Å². The van der Waals surface area contributed by atoms with E-state index in [-0.39, 0.29) is 23.8 Å². The summed E-state index contributed by atoms with van der Waals surface area (Å²) in [5, 5.41) is 5.34. The summed E-state index contributed by atoms with van der Waals surface area (Å²) in [6.07, 6.45) is 0. The molecule has 6 nitrogen and oxygen atoms in total. The second kappa shape index (κ2) is 5.96. The van der Waals surface area contributed by atoms with Gasteiger partial charge in [-0.05, 0) is 35.2 Å². The Balaban J connectivity index is 1.75. The minimum absolute atomic E-state index is 0.0273. The molecule has 0 spiro atoms. The van der Waals surface area contributed by atoms with Crippen LogP contribution in [-0.2, 0) is 10.2 Å². The van der Waals surface area contributed by atoms with Crippen LogP contribution in [0.2, 0.25) is 0 Å². The summed E-state index contributed by atoms with van der Waals surface area (Å²) in [5.74, 6) is 0.626. The summed E-state index contributed by atoms with van der Waals surface area (Å²) in [5.41, 5.74) is 1.74. The first-order valence-corrected chi connectivity index (χ1v) is 7.68. The first-order valence-electron chi connectivity index (χ1n) is 7.68. The van der Waals surface area contributed by atoms with Crippen LogP contribution in [-0.4, -0.2) is 23.4 Å². The summed E-state index contributed by atoms with van der Waals surface area (Å²) in [7, 11) is 0. The Kier molecular flexibility index (Phi) is 3.97. The van der Waals surface area contributed by atoms with E-state index in [0.29, 0.717) is 22.9 Å². The largest absolute Gasteiger partial charge is 0.480 e. The molecule has 2 amide bonds. The number of benzene rings is 1. The van der Waals surface area contributed by atoms with Gasteiger partial charge in [-0.15, -0.1) is 0 Å². The quantitative estimate of drug-likeness (QED) is 0.889. The van der Waals surface area contributed by atoms with E-state index in [9.17, 15) is 9.59 Å². The number of pyridine rings is 1. The Hall–Kier alpha value is -2.89. The molecule has 0 saturated carbocycles. The Morgan fingerprint density at radius 2 is 1.88 bits per heavy atom. The molecule has 3 rings (SSSR count). The van der Waals surface area contributed by atoms with E-state index in [1.807, 2.05) is 12.1 Å². The van der Waals surface area contributed by atoms with E-state index >= 15 is 0 Å². The third-order valence-electron chi connectivity index (χ3n) is 3.73. The third-order valence-corrected chi connectivity index (χ3v) is 3.73. The predicted octanol–water partition coefficient (Wildman–Crippen LogP) is 2.96. The van der Waals surface area contributed by atoms with Gasteiger partial charge in [-0.25, -0.2) is 4.98 Å². The molecule has 1 aromatic carbocycles. The number of aromatic nitrogens is 1. The van der Waals surface area contributed by atoms with Crippen LogP contribution in [0.5, 0.6) is 5.75 Å². The zero-order valence-electron chi connectivity index (χ0n) is 13.8. The Labute approximate surface area is 140 Å². The predicted molar refractivity (Wildman–Crippen MR) is 91.5 cm³/mol. The van der Waals surface area contributed by atoms with Crippen molar-refractivity contribution in [3.63, 3.8) is 0 Å². The fraction of sp³-hybridized carbons (Fsp3) is 0.278. The van der Waals surface area contributed by atoms with Crippen molar-refractivity contribution in [3.8, 4) is 5.75 Å². The molecule has 0 radical (unpaired) electrons. The Bertz CT molecular complexity index is 792. The number of nitrogens with zero attached hydrogens (tertiary/aromatic N) is 1. The lowest BCUT2D eigenvalue weighted by atomic mass is 9.87. The maximum absolute atomic E-state index is 12.3. The molecule has 1 aliphatic rings. The van der Waals surface area contributed by atoms with E-state index < -0.39 is 0 Å². The highest BCUT2D eigenvalue weighted by Crippen LogP contribution is 2.27. The molecule has 2 N–H and O–H groups in total. The van der Waals surface area contributed by atoms with Crippen molar-refractivity contribution in [2.45, 2.75) is 26.2 Å². The highest BCUT2D eigenvalue weighted by Gasteiger charge is 2.18. The van der Waals surface area contributed by atoms with Gasteiger partial charge in [-0.2, -0.15) is 0 Å². The van der Waals surface area contributed by atoms with Crippen molar-refractivity contribution in [2.24, 2.45) is 0 Å². The zero-order chi connectivity index (χ0) is 17.3. The average Bonchev–Trinajstić information content (AvgIpc) is 2.53. The zero-order valence-corrected chi connectivity index (χ0v) is 13.8. The fourth-order valence-corrected chi connectivity index (χ4v) is 2.34. The lowest BCUT2D eigenvalue weighted by Gasteiger charge is -2.19. The van der Waals surface area contributed by atoms with E-state index in [2.05, 4.69) is 36.4 Å². The molecule has 1 aliphatic heterocycles. The number of rotatable bonds is 2. The third kappa shape index (κ3) is 3.37. The number of carbonyl (C=O) groups is 2. The summed E-state index contributed by atoms with van der Waals surface area (Å²) in [6, 6.07) is 10.8. The molecule has 1 aromatic heterocycles. The average molecular weight is 325 g/mol. The van der Waals surface area contributed by atoms with Crippen molar-refractivity contribution in [1.29, 1.82) is 0 Å². The van der Waals surface area contributed by atoms with Gasteiger partial charge in [-0.3, -0.25) is 9.59 Å². The molecule has 0 atom stereocenters. The standard InChI is InChI=1S/C18H19N3O3/c1-18(2,3)12-6-4-11(5-7-12)17(23)20-14-9-8-13-16(19-14)21-15(22)10-24-13/h4-9H,10H2,1-3H3,(H2,19,20,21,22,23). The maximum Gasteiger partial charge on any atom is 0.263 e. The Morgan fingerprint density at radius 3 is 2.54 bits per heavy atom. The second-order valence-corrected chi connectivity index (χ2v) is 6.66. The van der Waals surface area contributed by atoms with Crippen LogP contribution in [0.15, 0.2) is 36.4 Å². The highest BCUT2D eigenvalue weighted by molar-refractivity contribution is 6.04. The van der Waals surface area contributed by atoms with E-state index in [4.69, 9.17) is 4.74 Å². The van der Waals surface area contributed by atoms with Crippen LogP contribution < -0.4 is 15.4 Å². The number of nitrogens with one attached hydrogen (secondary N) is 2. The number of ether oxygens (including phenoxy) is 1. The van der Waals surface area contributed by atoms with Crippen molar-refractivity contribution < 1.29 is 14.3 Å². The number of hydrogen-bond acceptors (Lipinski definition) is 4. The monoisotopic (exact) mass is 325 g/mol. The van der Waals surface area contributed by atoms with Gasteiger partial charge in [0.1, 0.15) is 5.82 Å². The molecule has 0 unspecified atom stereocenters. The molecule has 124 valence electrons. The summed E-state index contributed by atoms with van der Waals surface area (Å²) < 4.78 is 5.24. The van der Waals surface area contributed by atoms with E-state index in [1.54, 1.807) is 24.3 Å². The van der Waals surface area contributed by atoms with Crippen LogP contribution in [0, 0.1) is 0 Å². The van der Waals surface area contributed by atoms with Crippen molar-refractivity contribution in [2.75, 3.05) is 17.2 Å². The molecular formula is C18H19N3O3. The van der Waals surface area contributed by atoms with Crippen molar-refractivity contribution in [3.05, 3.63) is 47.5 Å². The normalized spacial score (nSPS) is 13.5. The lowest BCUT2D eigenvalue weighted by molar-refractivity contribution is -0.118. The van der Waals surface area contributed by atoms with Gasteiger partial charge in [-0.1, -0.05) is 32.9 Å². The fourth-order valence-electron chi connectivity index (χ4n) is 2.34.